The molecule has 1 N–H and O–H groups in total. The van der Waals surface area contributed by atoms with Gasteiger partial charge in [0.2, 0.25) is 0 Å². The summed E-state index contributed by atoms with van der Waals surface area (Å²) < 4.78 is 0. The molecule has 0 unspecified atom stereocenters. The SMILES string of the molecule is N#C/C(=C\c1ccccc1Cl)C(=O)Nc1sc2c(c1C#N)CCCC2. The third-order valence-electron chi connectivity index (χ3n) is 4.08. The number of amides is 1. The number of fused-ring (bicyclic) bond motifs is 1. The van der Waals surface area contributed by atoms with Gasteiger partial charge >= 0.3 is 0 Å². The van der Waals surface area contributed by atoms with Gasteiger partial charge in [-0.2, -0.15) is 10.5 Å². The maximum atomic E-state index is 12.5. The van der Waals surface area contributed by atoms with E-state index >= 15 is 0 Å². The van der Waals surface area contributed by atoms with Gasteiger partial charge in [-0.25, -0.2) is 0 Å². The first-order valence-corrected chi connectivity index (χ1v) is 9.05. The number of hydrogen-bond acceptors (Lipinski definition) is 4. The van der Waals surface area contributed by atoms with E-state index in [1.165, 1.54) is 17.4 Å². The third-order valence-corrected chi connectivity index (χ3v) is 5.63. The second kappa shape index (κ2) is 7.53. The summed E-state index contributed by atoms with van der Waals surface area (Å²) in [6, 6.07) is 11.1. The van der Waals surface area contributed by atoms with Gasteiger partial charge < -0.3 is 5.32 Å². The zero-order valence-electron chi connectivity index (χ0n) is 13.3. The molecule has 1 aromatic carbocycles. The van der Waals surface area contributed by atoms with Gasteiger partial charge in [-0.1, -0.05) is 29.8 Å². The fourth-order valence-electron chi connectivity index (χ4n) is 2.84. The highest BCUT2D eigenvalue weighted by atomic mass is 35.5. The number of thiophene rings is 1. The molecule has 1 aromatic heterocycles. The van der Waals surface area contributed by atoms with Crippen molar-refractivity contribution in [2.45, 2.75) is 25.7 Å². The average molecular weight is 368 g/mol. The molecule has 0 saturated heterocycles. The molecule has 0 saturated carbocycles. The minimum atomic E-state index is -0.530. The molecular weight excluding hydrogens is 354 g/mol. The van der Waals surface area contributed by atoms with Crippen molar-refractivity contribution in [1.29, 1.82) is 10.5 Å². The number of hydrogen-bond donors (Lipinski definition) is 1. The Bertz CT molecular complexity index is 947. The first kappa shape index (κ1) is 17.2. The molecule has 3 rings (SSSR count). The predicted octanol–water partition coefficient (Wildman–Crippen LogP) is 4.70. The van der Waals surface area contributed by atoms with E-state index in [4.69, 9.17) is 11.6 Å². The highest BCUT2D eigenvalue weighted by Crippen LogP contribution is 2.37. The van der Waals surface area contributed by atoms with Gasteiger partial charge in [0.15, 0.2) is 0 Å². The van der Waals surface area contributed by atoms with E-state index < -0.39 is 5.91 Å². The van der Waals surface area contributed by atoms with Crippen LogP contribution in [0.5, 0.6) is 0 Å². The fraction of sp³-hybridized carbons (Fsp3) is 0.211. The average Bonchev–Trinajstić information content (AvgIpc) is 2.97. The zero-order chi connectivity index (χ0) is 17.8. The van der Waals surface area contributed by atoms with Crippen LogP contribution in [-0.2, 0) is 17.6 Å². The largest absolute Gasteiger partial charge is 0.312 e. The molecule has 1 amide bonds. The molecule has 0 spiro atoms. The van der Waals surface area contributed by atoms with Crippen LogP contribution < -0.4 is 5.32 Å². The van der Waals surface area contributed by atoms with E-state index in [-0.39, 0.29) is 5.57 Å². The molecular formula is C19H14ClN3OS. The normalized spacial score (nSPS) is 13.5. The van der Waals surface area contributed by atoms with E-state index in [0.29, 0.717) is 21.2 Å². The summed E-state index contributed by atoms with van der Waals surface area (Å²) >= 11 is 7.51. The summed E-state index contributed by atoms with van der Waals surface area (Å²) in [5.74, 6) is -0.530. The molecule has 2 aromatic rings. The molecule has 25 heavy (non-hydrogen) atoms. The second-order valence-electron chi connectivity index (χ2n) is 5.67. The Morgan fingerprint density at radius 3 is 2.72 bits per heavy atom. The summed E-state index contributed by atoms with van der Waals surface area (Å²) in [6.07, 6.45) is 5.41. The highest BCUT2D eigenvalue weighted by molar-refractivity contribution is 7.16. The molecule has 1 heterocycles. The van der Waals surface area contributed by atoms with Gasteiger partial charge in [-0.05, 0) is 49.0 Å². The van der Waals surface area contributed by atoms with Crippen LogP contribution in [0.3, 0.4) is 0 Å². The minimum absolute atomic E-state index is 0.0524. The Kier molecular flexibility index (Phi) is 5.19. The summed E-state index contributed by atoms with van der Waals surface area (Å²) in [5, 5.41) is 22.5. The minimum Gasteiger partial charge on any atom is -0.312 e. The number of nitrogens with one attached hydrogen (secondary N) is 1. The number of rotatable bonds is 3. The topological polar surface area (TPSA) is 76.7 Å². The van der Waals surface area contributed by atoms with Gasteiger partial charge in [0, 0.05) is 9.90 Å². The number of benzene rings is 1. The van der Waals surface area contributed by atoms with Crippen LogP contribution in [0.1, 0.15) is 34.4 Å². The van der Waals surface area contributed by atoms with Gasteiger partial charge in [0.05, 0.1) is 5.56 Å². The molecule has 1 aliphatic rings. The lowest BCUT2D eigenvalue weighted by atomic mass is 9.96. The van der Waals surface area contributed by atoms with Crippen LogP contribution in [0.4, 0.5) is 5.00 Å². The van der Waals surface area contributed by atoms with Crippen molar-refractivity contribution in [2.75, 3.05) is 5.32 Å². The number of anilines is 1. The van der Waals surface area contributed by atoms with Crippen LogP contribution in [0.25, 0.3) is 6.08 Å². The Labute approximate surface area is 155 Å². The number of nitrogens with zero attached hydrogens (tertiary/aromatic N) is 2. The summed E-state index contributed by atoms with van der Waals surface area (Å²) in [7, 11) is 0. The van der Waals surface area contributed by atoms with Gasteiger partial charge in [-0.3, -0.25) is 4.79 Å². The molecule has 6 heteroatoms. The lowest BCUT2D eigenvalue weighted by Gasteiger charge is -2.09. The van der Waals surface area contributed by atoms with Crippen LogP contribution in [0.15, 0.2) is 29.8 Å². The monoisotopic (exact) mass is 367 g/mol. The standard InChI is InChI=1S/C19H14ClN3OS/c20-16-7-3-1-5-12(16)9-13(10-21)18(24)23-19-15(11-22)14-6-2-4-8-17(14)25-19/h1,3,5,7,9H,2,4,6,8H2,(H,23,24)/b13-9+. The van der Waals surface area contributed by atoms with Crippen molar-refractivity contribution < 1.29 is 4.79 Å². The molecule has 0 bridgehead atoms. The van der Waals surface area contributed by atoms with Crippen LogP contribution in [0, 0.1) is 22.7 Å². The van der Waals surface area contributed by atoms with Gasteiger partial charge in [0.1, 0.15) is 22.7 Å². The molecule has 0 atom stereocenters. The maximum Gasteiger partial charge on any atom is 0.266 e. The Balaban J connectivity index is 1.89. The van der Waals surface area contributed by atoms with E-state index in [9.17, 15) is 15.3 Å². The molecule has 1 aliphatic carbocycles. The summed E-state index contributed by atoms with van der Waals surface area (Å²) in [4.78, 5) is 13.7. The molecule has 0 aliphatic heterocycles. The van der Waals surface area contributed by atoms with Crippen LogP contribution in [0.2, 0.25) is 5.02 Å². The van der Waals surface area contributed by atoms with Crippen molar-refractivity contribution in [3.05, 3.63) is 56.4 Å². The lowest BCUT2D eigenvalue weighted by molar-refractivity contribution is -0.112. The molecule has 0 fully saturated rings. The quantitative estimate of drug-likeness (QED) is 0.631. The van der Waals surface area contributed by atoms with Crippen LogP contribution >= 0.6 is 22.9 Å². The number of nitriles is 2. The highest BCUT2D eigenvalue weighted by Gasteiger charge is 2.22. The van der Waals surface area contributed by atoms with Crippen molar-refractivity contribution in [3.8, 4) is 12.1 Å². The van der Waals surface area contributed by atoms with E-state index in [2.05, 4.69) is 11.4 Å². The second-order valence-corrected chi connectivity index (χ2v) is 7.18. The lowest BCUT2D eigenvalue weighted by Crippen LogP contribution is -2.13. The van der Waals surface area contributed by atoms with Gasteiger partial charge in [-0.15, -0.1) is 11.3 Å². The van der Waals surface area contributed by atoms with E-state index in [0.717, 1.165) is 36.1 Å². The van der Waals surface area contributed by atoms with E-state index in [1.54, 1.807) is 24.3 Å². The fourth-order valence-corrected chi connectivity index (χ4v) is 4.26. The first-order valence-electron chi connectivity index (χ1n) is 7.86. The third kappa shape index (κ3) is 3.58. The number of aryl methyl sites for hydroxylation is 1. The molecule has 124 valence electrons. The Morgan fingerprint density at radius 2 is 2.00 bits per heavy atom. The number of halogens is 1. The summed E-state index contributed by atoms with van der Waals surface area (Å²) in [6.45, 7) is 0. The van der Waals surface area contributed by atoms with Crippen molar-refractivity contribution in [1.82, 2.24) is 0 Å². The van der Waals surface area contributed by atoms with Crippen molar-refractivity contribution in [3.63, 3.8) is 0 Å². The van der Waals surface area contributed by atoms with Crippen molar-refractivity contribution in [2.24, 2.45) is 0 Å². The number of carbonyl (C=O) groups is 1. The summed E-state index contributed by atoms with van der Waals surface area (Å²) in [5.41, 5.74) is 2.12. The maximum absolute atomic E-state index is 12.5. The molecule has 4 nitrogen and oxygen atoms in total. The van der Waals surface area contributed by atoms with Crippen molar-refractivity contribution >= 4 is 39.9 Å². The first-order chi connectivity index (χ1) is 12.1. The van der Waals surface area contributed by atoms with Gasteiger partial charge in [0.25, 0.3) is 5.91 Å². The Morgan fingerprint density at radius 1 is 1.24 bits per heavy atom. The van der Waals surface area contributed by atoms with Crippen LogP contribution in [-0.4, -0.2) is 5.91 Å². The van der Waals surface area contributed by atoms with E-state index in [1.807, 2.05) is 6.07 Å². The Hall–Kier alpha value is -2.60. The smallest absolute Gasteiger partial charge is 0.266 e. The molecule has 0 radical (unpaired) electrons. The predicted molar refractivity (Wildman–Crippen MR) is 99.3 cm³/mol. The number of carbonyl (C=O) groups excluding carboxylic acids is 1. The zero-order valence-corrected chi connectivity index (χ0v) is 14.9.